The predicted molar refractivity (Wildman–Crippen MR) is 112 cm³/mol. The molecule has 2 aromatic rings. The monoisotopic (exact) mass is 446 g/mol. The largest absolute Gasteiger partial charge is 0.459 e. The van der Waals surface area contributed by atoms with E-state index in [1.165, 1.54) is 17.0 Å². The van der Waals surface area contributed by atoms with E-state index in [4.69, 9.17) is 15.2 Å². The van der Waals surface area contributed by atoms with Gasteiger partial charge in [0.2, 0.25) is 0 Å². The fourth-order valence-electron chi connectivity index (χ4n) is 3.44. The molecule has 2 bridgehead atoms. The third kappa shape index (κ3) is 5.47. The van der Waals surface area contributed by atoms with Gasteiger partial charge in [-0.25, -0.2) is 13.6 Å². The van der Waals surface area contributed by atoms with Crippen molar-refractivity contribution in [3.8, 4) is 5.75 Å². The summed E-state index contributed by atoms with van der Waals surface area (Å²) in [6, 6.07) is 9.00. The normalized spacial score (nSPS) is 18.1. The molecule has 0 spiro atoms. The zero-order valence-electron chi connectivity index (χ0n) is 18.0. The number of Topliss-reactive ketones (excluding diaryl/α,β-unsaturated/α-hetero) is 1. The molecule has 9 heteroatoms. The van der Waals surface area contributed by atoms with E-state index in [9.17, 15) is 23.2 Å². The highest BCUT2D eigenvalue weighted by Gasteiger charge is 2.46. The first-order valence-corrected chi connectivity index (χ1v) is 9.93. The smallest absolute Gasteiger partial charge is 0.352 e. The summed E-state index contributed by atoms with van der Waals surface area (Å²) in [6.07, 6.45) is -0.927. The number of ketones is 1. The van der Waals surface area contributed by atoms with Gasteiger partial charge in [0, 0.05) is 18.2 Å². The van der Waals surface area contributed by atoms with Crippen LogP contribution in [0.2, 0.25) is 0 Å². The predicted octanol–water partition coefficient (Wildman–Crippen LogP) is 2.89. The molecule has 2 heterocycles. The third-order valence-electron chi connectivity index (χ3n) is 4.69. The lowest BCUT2D eigenvalue weighted by molar-refractivity contribution is -0.154. The molecule has 2 N–H and O–H groups in total. The van der Waals surface area contributed by atoms with E-state index < -0.39 is 53.6 Å². The Morgan fingerprint density at radius 1 is 1.09 bits per heavy atom. The quantitative estimate of drug-likeness (QED) is 0.538. The van der Waals surface area contributed by atoms with Crippen molar-refractivity contribution in [2.24, 2.45) is 5.73 Å². The highest BCUT2D eigenvalue weighted by Crippen LogP contribution is 2.31. The van der Waals surface area contributed by atoms with Crippen LogP contribution in [-0.2, 0) is 25.5 Å². The molecule has 1 atom stereocenters. The summed E-state index contributed by atoms with van der Waals surface area (Å²) >= 11 is 0. The number of fused-ring (bicyclic) bond motifs is 5. The summed E-state index contributed by atoms with van der Waals surface area (Å²) < 4.78 is 37.6. The van der Waals surface area contributed by atoms with Gasteiger partial charge in [-0.2, -0.15) is 0 Å². The van der Waals surface area contributed by atoms with Gasteiger partial charge in [-0.3, -0.25) is 15.3 Å². The molecule has 170 valence electrons. The average Bonchev–Trinajstić information content (AvgIpc) is 2.63. The number of carbonyl (C=O) groups is 3. The first-order chi connectivity index (χ1) is 14.9. The van der Waals surface area contributed by atoms with Gasteiger partial charge in [0.15, 0.2) is 5.66 Å². The topological polar surface area (TPSA) is 98.9 Å². The Balaban J connectivity index is 1.90. The van der Waals surface area contributed by atoms with Crippen molar-refractivity contribution in [1.82, 2.24) is 0 Å². The Kier molecular flexibility index (Phi) is 6.32. The van der Waals surface area contributed by atoms with E-state index >= 15 is 0 Å². The Bertz CT molecular complexity index is 1030. The van der Waals surface area contributed by atoms with Crippen LogP contribution in [-0.4, -0.2) is 35.5 Å². The standard InChI is InChI=1S/C23H24F2N2O5/c1-22(2,3)32-20(29)13-27-17-4-6-19(7-5-17)31-21(30)23(27,26)12-18(28)10-14-8-15(24)11-16(25)9-14/h4-9,11H,10,12-13,26H2,1-3H3/t23-/m1/s1. The molecule has 0 unspecified atom stereocenters. The molecule has 0 saturated heterocycles. The molecular weight excluding hydrogens is 422 g/mol. The Morgan fingerprint density at radius 3 is 2.25 bits per heavy atom. The van der Waals surface area contributed by atoms with E-state index in [-0.39, 0.29) is 17.7 Å². The maximum absolute atomic E-state index is 13.5. The summed E-state index contributed by atoms with van der Waals surface area (Å²) in [5, 5.41) is 0. The molecule has 7 nitrogen and oxygen atoms in total. The second-order valence-electron chi connectivity index (χ2n) is 8.65. The minimum atomic E-state index is -2.05. The van der Waals surface area contributed by atoms with E-state index in [0.717, 1.165) is 12.1 Å². The van der Waals surface area contributed by atoms with Crippen molar-refractivity contribution in [2.45, 2.75) is 44.9 Å². The maximum Gasteiger partial charge on any atom is 0.352 e. The molecule has 0 radical (unpaired) electrons. The SMILES string of the molecule is CC(C)(C)OC(=O)CN1c2ccc(cc2)OC(=O)[C@@]1(N)CC(=O)Cc1cc(F)cc(F)c1. The summed E-state index contributed by atoms with van der Waals surface area (Å²) in [6.45, 7) is 4.65. The van der Waals surface area contributed by atoms with Crippen molar-refractivity contribution < 1.29 is 32.6 Å². The van der Waals surface area contributed by atoms with Gasteiger partial charge in [0.1, 0.15) is 35.3 Å². The number of hydrogen-bond acceptors (Lipinski definition) is 7. The zero-order valence-corrected chi connectivity index (χ0v) is 18.0. The van der Waals surface area contributed by atoms with Crippen LogP contribution >= 0.6 is 0 Å². The van der Waals surface area contributed by atoms with Crippen molar-refractivity contribution in [1.29, 1.82) is 0 Å². The van der Waals surface area contributed by atoms with Crippen LogP contribution in [0.15, 0.2) is 42.5 Å². The highest BCUT2D eigenvalue weighted by atomic mass is 19.1. The lowest BCUT2D eigenvalue weighted by Crippen LogP contribution is -2.66. The number of esters is 2. The van der Waals surface area contributed by atoms with Crippen molar-refractivity contribution >= 4 is 23.4 Å². The molecule has 32 heavy (non-hydrogen) atoms. The van der Waals surface area contributed by atoms with Crippen LogP contribution in [0.5, 0.6) is 5.75 Å². The van der Waals surface area contributed by atoms with Crippen LogP contribution in [0.3, 0.4) is 0 Å². The summed E-state index contributed by atoms with van der Waals surface area (Å²) in [7, 11) is 0. The Hall–Kier alpha value is -3.33. The summed E-state index contributed by atoms with van der Waals surface area (Å²) in [5.41, 5.74) is 4.08. The number of halogens is 2. The van der Waals surface area contributed by atoms with Crippen molar-refractivity contribution in [2.75, 3.05) is 11.4 Å². The first-order valence-electron chi connectivity index (χ1n) is 9.93. The lowest BCUT2D eigenvalue weighted by Gasteiger charge is -2.41. The number of nitrogens with two attached hydrogens (primary N) is 1. The summed E-state index contributed by atoms with van der Waals surface area (Å²) in [5.74, 6) is -3.60. The van der Waals surface area contributed by atoms with Gasteiger partial charge in [0.05, 0.1) is 6.42 Å². The zero-order chi connectivity index (χ0) is 23.7. The van der Waals surface area contributed by atoms with E-state index in [1.807, 2.05) is 0 Å². The molecule has 0 amide bonds. The number of carbonyl (C=O) groups excluding carboxylic acids is 3. The van der Waals surface area contributed by atoms with Crippen molar-refractivity contribution in [3.05, 3.63) is 59.7 Å². The fourth-order valence-corrected chi connectivity index (χ4v) is 3.44. The maximum atomic E-state index is 13.5. The van der Waals surface area contributed by atoms with E-state index in [0.29, 0.717) is 11.8 Å². The highest BCUT2D eigenvalue weighted by molar-refractivity contribution is 5.95. The average molecular weight is 446 g/mol. The van der Waals surface area contributed by atoms with Crippen molar-refractivity contribution in [3.63, 3.8) is 0 Å². The number of anilines is 1. The lowest BCUT2D eigenvalue weighted by atomic mass is 9.96. The van der Waals surface area contributed by atoms with Gasteiger partial charge < -0.3 is 14.4 Å². The van der Waals surface area contributed by atoms with Gasteiger partial charge in [-0.05, 0) is 62.7 Å². The molecular formula is C23H24F2N2O5. The Labute approximate surface area is 184 Å². The number of hydrogen-bond donors (Lipinski definition) is 1. The Morgan fingerprint density at radius 2 is 1.69 bits per heavy atom. The van der Waals surface area contributed by atoms with Gasteiger partial charge in [0.25, 0.3) is 0 Å². The molecule has 0 aliphatic carbocycles. The molecule has 0 saturated carbocycles. The van der Waals surface area contributed by atoms with Crippen LogP contribution < -0.4 is 15.4 Å². The van der Waals surface area contributed by atoms with Gasteiger partial charge in [-0.1, -0.05) is 0 Å². The molecule has 4 rings (SSSR count). The molecule has 2 aromatic carbocycles. The van der Waals surface area contributed by atoms with Crippen LogP contribution in [0.25, 0.3) is 0 Å². The molecule has 2 aliphatic heterocycles. The number of nitrogens with zero attached hydrogens (tertiary/aromatic N) is 1. The first kappa shape index (κ1) is 23.3. The summed E-state index contributed by atoms with van der Waals surface area (Å²) in [4.78, 5) is 39.5. The second-order valence-corrected chi connectivity index (χ2v) is 8.65. The second kappa shape index (κ2) is 8.66. The van der Waals surface area contributed by atoms with Gasteiger partial charge >= 0.3 is 11.9 Å². The third-order valence-corrected chi connectivity index (χ3v) is 4.69. The minimum Gasteiger partial charge on any atom is -0.459 e. The van der Waals surface area contributed by atoms with E-state index in [1.54, 1.807) is 32.9 Å². The fraction of sp³-hybridized carbons (Fsp3) is 0.348. The number of ether oxygens (including phenoxy) is 2. The number of benzene rings is 2. The molecule has 0 fully saturated rings. The number of rotatable bonds is 6. The van der Waals surface area contributed by atoms with Crippen LogP contribution in [0.4, 0.5) is 14.5 Å². The van der Waals surface area contributed by atoms with Crippen LogP contribution in [0, 0.1) is 11.6 Å². The van der Waals surface area contributed by atoms with Crippen LogP contribution in [0.1, 0.15) is 32.8 Å². The van der Waals surface area contributed by atoms with E-state index in [2.05, 4.69) is 0 Å². The molecule has 2 aliphatic rings. The molecule has 0 aromatic heterocycles. The minimum absolute atomic E-state index is 0.0948. The van der Waals surface area contributed by atoms with Gasteiger partial charge in [-0.15, -0.1) is 0 Å².